The number of nitriles is 1. The topological polar surface area (TPSA) is 90.3 Å². The molecule has 0 saturated heterocycles. The van der Waals surface area contributed by atoms with Crippen molar-refractivity contribution in [2.24, 2.45) is 5.10 Å². The number of hydrogen-bond acceptors (Lipinski definition) is 4. The van der Waals surface area contributed by atoms with Gasteiger partial charge >= 0.3 is 0 Å². The molecule has 3 aromatic rings. The fourth-order valence-electron chi connectivity index (χ4n) is 2.74. The maximum absolute atomic E-state index is 11.9. The summed E-state index contributed by atoms with van der Waals surface area (Å²) in [4.78, 5) is 15.0. The summed E-state index contributed by atoms with van der Waals surface area (Å²) in [5, 5.41) is 14.0. The summed E-state index contributed by atoms with van der Waals surface area (Å²) >= 11 is 0. The van der Waals surface area contributed by atoms with Gasteiger partial charge < -0.3 is 9.72 Å². The van der Waals surface area contributed by atoms with Crippen LogP contribution in [-0.4, -0.2) is 23.7 Å². The summed E-state index contributed by atoms with van der Waals surface area (Å²) in [7, 11) is 0. The van der Waals surface area contributed by atoms with E-state index in [2.05, 4.69) is 21.6 Å². The van der Waals surface area contributed by atoms with E-state index < -0.39 is 0 Å². The van der Waals surface area contributed by atoms with Gasteiger partial charge in [-0.1, -0.05) is 12.1 Å². The summed E-state index contributed by atoms with van der Waals surface area (Å²) in [5.41, 5.74) is 6.54. The van der Waals surface area contributed by atoms with Crippen molar-refractivity contribution in [3.05, 3.63) is 64.8 Å². The molecule has 6 heteroatoms. The Morgan fingerprint density at radius 3 is 2.77 bits per heavy atom. The fourth-order valence-corrected chi connectivity index (χ4v) is 2.74. The summed E-state index contributed by atoms with van der Waals surface area (Å²) < 4.78 is 5.58. The predicted octanol–water partition coefficient (Wildman–Crippen LogP) is 3.19. The average molecular weight is 346 g/mol. The number of rotatable bonds is 5. The molecule has 26 heavy (non-hydrogen) atoms. The van der Waals surface area contributed by atoms with Crippen molar-refractivity contribution in [1.82, 2.24) is 10.4 Å². The minimum absolute atomic E-state index is 0.152. The molecule has 0 radical (unpaired) electrons. The second kappa shape index (κ2) is 7.53. The standard InChI is InChI=1S/C20H18N4O2/c1-13-7-16(10-21)8-14(2)20(13)26-12-19(25)24-23-11-15-3-4-17-5-6-22-18(17)9-15/h3-9,11,22H,12H2,1-2H3,(H,24,25)/b23-11+. The quantitative estimate of drug-likeness (QED) is 0.549. The molecule has 0 aliphatic rings. The highest BCUT2D eigenvalue weighted by molar-refractivity contribution is 5.89. The number of nitrogens with zero attached hydrogens (tertiary/aromatic N) is 2. The summed E-state index contributed by atoms with van der Waals surface area (Å²) in [6, 6.07) is 13.4. The first kappa shape index (κ1) is 17.2. The first-order valence-corrected chi connectivity index (χ1v) is 8.10. The normalized spacial score (nSPS) is 10.8. The van der Waals surface area contributed by atoms with E-state index in [0.717, 1.165) is 27.6 Å². The van der Waals surface area contributed by atoms with Crippen LogP contribution in [0.3, 0.4) is 0 Å². The molecule has 0 fully saturated rings. The van der Waals surface area contributed by atoms with Gasteiger partial charge in [0.05, 0.1) is 17.8 Å². The molecular weight excluding hydrogens is 328 g/mol. The Labute approximate surface area is 151 Å². The number of ether oxygens (including phenoxy) is 1. The van der Waals surface area contributed by atoms with Crippen LogP contribution >= 0.6 is 0 Å². The number of benzene rings is 2. The van der Waals surface area contributed by atoms with Gasteiger partial charge in [-0.15, -0.1) is 0 Å². The van der Waals surface area contributed by atoms with Crippen molar-refractivity contribution in [2.45, 2.75) is 13.8 Å². The zero-order valence-electron chi connectivity index (χ0n) is 14.5. The van der Waals surface area contributed by atoms with Crippen LogP contribution in [0.2, 0.25) is 0 Å². The van der Waals surface area contributed by atoms with E-state index in [-0.39, 0.29) is 12.5 Å². The minimum atomic E-state index is -0.356. The van der Waals surface area contributed by atoms with E-state index in [1.54, 1.807) is 18.3 Å². The predicted molar refractivity (Wildman–Crippen MR) is 100 cm³/mol. The van der Waals surface area contributed by atoms with Crippen LogP contribution in [0.1, 0.15) is 22.3 Å². The minimum Gasteiger partial charge on any atom is -0.483 e. The van der Waals surface area contributed by atoms with Gasteiger partial charge in [0, 0.05) is 11.7 Å². The smallest absolute Gasteiger partial charge is 0.277 e. The zero-order chi connectivity index (χ0) is 18.5. The van der Waals surface area contributed by atoms with Crippen molar-refractivity contribution in [3.8, 4) is 11.8 Å². The van der Waals surface area contributed by atoms with E-state index in [4.69, 9.17) is 10.00 Å². The lowest BCUT2D eigenvalue weighted by atomic mass is 10.1. The Bertz CT molecular complexity index is 1000. The average Bonchev–Trinajstić information content (AvgIpc) is 3.08. The lowest BCUT2D eigenvalue weighted by Gasteiger charge is -2.11. The van der Waals surface area contributed by atoms with Gasteiger partial charge in [-0.25, -0.2) is 5.43 Å². The Kier molecular flexibility index (Phi) is 4.99. The fraction of sp³-hybridized carbons (Fsp3) is 0.150. The summed E-state index contributed by atoms with van der Waals surface area (Å²) in [6.45, 7) is 3.53. The molecule has 0 bridgehead atoms. The summed E-state index contributed by atoms with van der Waals surface area (Å²) in [5.74, 6) is 0.255. The number of carbonyl (C=O) groups excluding carboxylic acids is 1. The molecule has 1 aromatic heterocycles. The van der Waals surface area contributed by atoms with Crippen molar-refractivity contribution in [3.63, 3.8) is 0 Å². The lowest BCUT2D eigenvalue weighted by Crippen LogP contribution is -2.25. The number of aromatic amines is 1. The largest absolute Gasteiger partial charge is 0.483 e. The first-order chi connectivity index (χ1) is 12.6. The van der Waals surface area contributed by atoms with E-state index >= 15 is 0 Å². The number of aromatic nitrogens is 1. The molecular formula is C20H18N4O2. The summed E-state index contributed by atoms with van der Waals surface area (Å²) in [6.07, 6.45) is 3.45. The first-order valence-electron chi connectivity index (χ1n) is 8.10. The highest BCUT2D eigenvalue weighted by Gasteiger charge is 2.09. The molecule has 1 amide bonds. The molecule has 2 N–H and O–H groups in total. The molecule has 0 saturated carbocycles. The van der Waals surface area contributed by atoms with E-state index in [1.165, 1.54) is 0 Å². The maximum Gasteiger partial charge on any atom is 0.277 e. The Morgan fingerprint density at radius 2 is 2.04 bits per heavy atom. The van der Waals surface area contributed by atoms with Gasteiger partial charge in [-0.3, -0.25) is 4.79 Å². The molecule has 0 atom stereocenters. The highest BCUT2D eigenvalue weighted by Crippen LogP contribution is 2.24. The van der Waals surface area contributed by atoms with E-state index in [0.29, 0.717) is 11.3 Å². The van der Waals surface area contributed by atoms with Crippen molar-refractivity contribution < 1.29 is 9.53 Å². The van der Waals surface area contributed by atoms with Gasteiger partial charge in [0.25, 0.3) is 5.91 Å². The van der Waals surface area contributed by atoms with Gasteiger partial charge in [0.15, 0.2) is 6.61 Å². The molecule has 0 spiro atoms. The molecule has 0 aliphatic heterocycles. The molecule has 3 rings (SSSR count). The van der Waals surface area contributed by atoms with Gasteiger partial charge in [0.1, 0.15) is 5.75 Å². The van der Waals surface area contributed by atoms with Crippen LogP contribution in [0, 0.1) is 25.2 Å². The SMILES string of the molecule is Cc1cc(C#N)cc(C)c1OCC(=O)N/N=C/c1ccc2cc[nH]c2c1. The van der Waals surface area contributed by atoms with Crippen molar-refractivity contribution in [2.75, 3.05) is 6.61 Å². The molecule has 130 valence electrons. The Hall–Kier alpha value is -3.59. The molecule has 1 heterocycles. The van der Waals surface area contributed by atoms with Crippen LogP contribution in [-0.2, 0) is 4.79 Å². The number of amides is 1. The van der Waals surface area contributed by atoms with E-state index in [1.807, 2.05) is 44.3 Å². The number of carbonyl (C=O) groups is 1. The Morgan fingerprint density at radius 1 is 1.27 bits per heavy atom. The van der Waals surface area contributed by atoms with Crippen LogP contribution in [0.4, 0.5) is 0 Å². The van der Waals surface area contributed by atoms with Crippen LogP contribution in [0.25, 0.3) is 10.9 Å². The van der Waals surface area contributed by atoms with Crippen LogP contribution < -0.4 is 10.2 Å². The Balaban J connectivity index is 1.57. The number of aryl methyl sites for hydroxylation is 2. The third kappa shape index (κ3) is 3.90. The van der Waals surface area contributed by atoms with Gasteiger partial charge in [-0.2, -0.15) is 10.4 Å². The van der Waals surface area contributed by atoms with Crippen LogP contribution in [0.15, 0.2) is 47.7 Å². The lowest BCUT2D eigenvalue weighted by molar-refractivity contribution is -0.123. The van der Waals surface area contributed by atoms with Crippen LogP contribution in [0.5, 0.6) is 5.75 Å². The molecule has 6 nitrogen and oxygen atoms in total. The third-order valence-corrected chi connectivity index (χ3v) is 3.92. The second-order valence-electron chi connectivity index (χ2n) is 5.96. The monoisotopic (exact) mass is 346 g/mol. The molecule has 0 unspecified atom stereocenters. The van der Waals surface area contributed by atoms with E-state index in [9.17, 15) is 4.79 Å². The highest BCUT2D eigenvalue weighted by atomic mass is 16.5. The second-order valence-corrected chi connectivity index (χ2v) is 5.96. The van der Waals surface area contributed by atoms with Crippen molar-refractivity contribution in [1.29, 1.82) is 5.26 Å². The number of fused-ring (bicyclic) bond motifs is 1. The van der Waals surface area contributed by atoms with Gasteiger partial charge in [-0.05, 0) is 60.2 Å². The van der Waals surface area contributed by atoms with Gasteiger partial charge in [0.2, 0.25) is 0 Å². The number of hydrazone groups is 1. The molecule has 2 aromatic carbocycles. The zero-order valence-corrected chi connectivity index (χ0v) is 14.5. The number of hydrogen-bond donors (Lipinski definition) is 2. The number of H-pyrrole nitrogens is 1. The number of nitrogens with one attached hydrogen (secondary N) is 2. The maximum atomic E-state index is 11.9. The molecule has 0 aliphatic carbocycles. The van der Waals surface area contributed by atoms with Crippen molar-refractivity contribution >= 4 is 23.0 Å². The third-order valence-electron chi connectivity index (χ3n) is 3.92.